The van der Waals surface area contributed by atoms with Gasteiger partial charge in [0.25, 0.3) is 0 Å². The molecular formula is C16H29NO. The van der Waals surface area contributed by atoms with E-state index in [1.165, 1.54) is 38.5 Å². The predicted octanol–water partition coefficient (Wildman–Crippen LogP) is 3.61. The Bertz CT molecular complexity index is 326. The molecule has 0 heterocycles. The summed E-state index contributed by atoms with van der Waals surface area (Å²) < 4.78 is 0. The number of aliphatic hydroxyl groups excluding tert-OH is 1. The molecule has 2 aliphatic carbocycles. The zero-order chi connectivity index (χ0) is 13.3. The highest BCUT2D eigenvalue weighted by molar-refractivity contribution is 5.24. The summed E-state index contributed by atoms with van der Waals surface area (Å²) in [5.74, 6) is 0.944. The first kappa shape index (κ1) is 14.1. The van der Waals surface area contributed by atoms with Gasteiger partial charge < -0.3 is 5.11 Å². The Hall–Kier alpha value is -0.340. The summed E-state index contributed by atoms with van der Waals surface area (Å²) in [6, 6.07) is 0. The van der Waals surface area contributed by atoms with Crippen LogP contribution in [-0.4, -0.2) is 16.9 Å². The van der Waals surface area contributed by atoms with Crippen molar-refractivity contribution in [3.63, 3.8) is 0 Å². The van der Waals surface area contributed by atoms with E-state index in [0.29, 0.717) is 11.8 Å². The van der Waals surface area contributed by atoms with Gasteiger partial charge in [0.15, 0.2) is 0 Å². The van der Waals surface area contributed by atoms with Crippen molar-refractivity contribution in [1.82, 2.24) is 5.32 Å². The van der Waals surface area contributed by atoms with Crippen LogP contribution in [0.3, 0.4) is 0 Å². The zero-order valence-corrected chi connectivity index (χ0v) is 12.4. The Kier molecular flexibility index (Phi) is 4.18. The standard InChI is InChI=1S/C16H29NO/c1-11-9-10-12-7-5-6-8-13(12)14(11)15(18)17-16(2,3)4/h11,14-15,17-18H,5-10H2,1-4H3. The third kappa shape index (κ3) is 3.16. The smallest absolute Gasteiger partial charge is 0.112 e. The van der Waals surface area contributed by atoms with Crippen molar-refractivity contribution in [2.75, 3.05) is 0 Å². The van der Waals surface area contributed by atoms with Crippen LogP contribution >= 0.6 is 0 Å². The molecule has 104 valence electrons. The van der Waals surface area contributed by atoms with Crippen molar-refractivity contribution >= 4 is 0 Å². The number of nitrogens with one attached hydrogen (secondary N) is 1. The molecule has 2 heteroatoms. The molecule has 0 radical (unpaired) electrons. The molecule has 3 atom stereocenters. The molecule has 0 fully saturated rings. The minimum absolute atomic E-state index is 0.0219. The van der Waals surface area contributed by atoms with Crippen LogP contribution in [-0.2, 0) is 0 Å². The quantitative estimate of drug-likeness (QED) is 0.580. The molecule has 0 spiro atoms. The lowest BCUT2D eigenvalue weighted by atomic mass is 9.70. The van der Waals surface area contributed by atoms with Crippen molar-refractivity contribution in [2.45, 2.75) is 78.0 Å². The van der Waals surface area contributed by atoms with Crippen molar-refractivity contribution in [3.05, 3.63) is 11.1 Å². The molecule has 18 heavy (non-hydrogen) atoms. The lowest BCUT2D eigenvalue weighted by Gasteiger charge is -2.41. The largest absolute Gasteiger partial charge is 0.378 e. The monoisotopic (exact) mass is 251 g/mol. The maximum Gasteiger partial charge on any atom is 0.112 e. The summed E-state index contributed by atoms with van der Waals surface area (Å²) in [7, 11) is 0. The number of hydrogen-bond donors (Lipinski definition) is 2. The minimum Gasteiger partial charge on any atom is -0.378 e. The van der Waals surface area contributed by atoms with E-state index in [2.05, 4.69) is 33.0 Å². The van der Waals surface area contributed by atoms with Gasteiger partial charge in [-0.2, -0.15) is 0 Å². The summed E-state index contributed by atoms with van der Waals surface area (Å²) in [6.07, 6.45) is 7.28. The van der Waals surface area contributed by atoms with Gasteiger partial charge in [0.05, 0.1) is 0 Å². The van der Waals surface area contributed by atoms with E-state index in [-0.39, 0.29) is 11.8 Å². The van der Waals surface area contributed by atoms with E-state index in [0.717, 1.165) is 0 Å². The summed E-state index contributed by atoms with van der Waals surface area (Å²) in [5.41, 5.74) is 3.23. The van der Waals surface area contributed by atoms with Gasteiger partial charge in [0.1, 0.15) is 6.23 Å². The number of hydrogen-bond acceptors (Lipinski definition) is 2. The average molecular weight is 251 g/mol. The van der Waals surface area contributed by atoms with Crippen LogP contribution in [0.15, 0.2) is 11.1 Å². The molecule has 2 N–H and O–H groups in total. The fourth-order valence-corrected chi connectivity index (χ4v) is 3.64. The molecule has 2 nitrogen and oxygen atoms in total. The van der Waals surface area contributed by atoms with Crippen molar-refractivity contribution in [2.24, 2.45) is 11.8 Å². The topological polar surface area (TPSA) is 32.3 Å². The molecule has 0 saturated heterocycles. The second kappa shape index (κ2) is 5.34. The first-order valence-electron chi connectivity index (χ1n) is 7.55. The van der Waals surface area contributed by atoms with E-state index in [1.807, 2.05) is 0 Å². The maximum absolute atomic E-state index is 10.6. The lowest BCUT2D eigenvalue weighted by Crippen LogP contribution is -2.50. The van der Waals surface area contributed by atoms with Gasteiger partial charge >= 0.3 is 0 Å². The van der Waals surface area contributed by atoms with Gasteiger partial charge in [-0.1, -0.05) is 18.1 Å². The van der Waals surface area contributed by atoms with E-state index in [1.54, 1.807) is 11.1 Å². The highest BCUT2D eigenvalue weighted by atomic mass is 16.3. The number of rotatable bonds is 2. The Morgan fingerprint density at radius 2 is 1.83 bits per heavy atom. The third-order valence-corrected chi connectivity index (χ3v) is 4.47. The van der Waals surface area contributed by atoms with Gasteiger partial charge in [-0.3, -0.25) is 5.32 Å². The van der Waals surface area contributed by atoms with Gasteiger partial charge in [0, 0.05) is 11.5 Å². The second-order valence-electron chi connectivity index (χ2n) is 7.22. The Balaban J connectivity index is 2.17. The number of aliphatic hydroxyl groups is 1. The fraction of sp³-hybridized carbons (Fsp3) is 0.875. The minimum atomic E-state index is -0.386. The first-order chi connectivity index (χ1) is 8.38. The van der Waals surface area contributed by atoms with Crippen LogP contribution in [0.5, 0.6) is 0 Å². The lowest BCUT2D eigenvalue weighted by molar-refractivity contribution is 0.0351. The summed E-state index contributed by atoms with van der Waals surface area (Å²) in [5, 5.41) is 13.9. The number of allylic oxidation sites excluding steroid dienone is 1. The van der Waals surface area contributed by atoms with Crippen molar-refractivity contribution < 1.29 is 5.11 Å². The predicted molar refractivity (Wildman–Crippen MR) is 76.3 cm³/mol. The van der Waals surface area contributed by atoms with E-state index in [9.17, 15) is 5.11 Å². The van der Waals surface area contributed by atoms with Gasteiger partial charge in [-0.25, -0.2) is 0 Å². The highest BCUT2D eigenvalue weighted by Gasteiger charge is 2.35. The van der Waals surface area contributed by atoms with Crippen molar-refractivity contribution in [3.8, 4) is 0 Å². The maximum atomic E-state index is 10.6. The molecule has 0 aromatic heterocycles. The van der Waals surface area contributed by atoms with E-state index in [4.69, 9.17) is 0 Å². The van der Waals surface area contributed by atoms with Gasteiger partial charge in [-0.05, 0) is 65.2 Å². The Morgan fingerprint density at radius 1 is 1.17 bits per heavy atom. The summed E-state index contributed by atoms with van der Waals surface area (Å²) >= 11 is 0. The first-order valence-corrected chi connectivity index (χ1v) is 7.55. The highest BCUT2D eigenvalue weighted by Crippen LogP contribution is 2.43. The third-order valence-electron chi connectivity index (χ3n) is 4.47. The molecule has 0 aliphatic heterocycles. The van der Waals surface area contributed by atoms with Gasteiger partial charge in [-0.15, -0.1) is 0 Å². The Labute approximate surface area is 112 Å². The fourth-order valence-electron chi connectivity index (χ4n) is 3.64. The van der Waals surface area contributed by atoms with Gasteiger partial charge in [0.2, 0.25) is 0 Å². The van der Waals surface area contributed by atoms with Crippen LogP contribution < -0.4 is 5.32 Å². The second-order valence-corrected chi connectivity index (χ2v) is 7.22. The van der Waals surface area contributed by atoms with Crippen LogP contribution in [0.2, 0.25) is 0 Å². The molecule has 0 bridgehead atoms. The molecule has 3 unspecified atom stereocenters. The SMILES string of the molecule is CC1CCC2=C(CCCC2)C1C(O)NC(C)(C)C. The Morgan fingerprint density at radius 3 is 2.50 bits per heavy atom. The zero-order valence-electron chi connectivity index (χ0n) is 12.4. The molecular weight excluding hydrogens is 222 g/mol. The molecule has 0 aromatic rings. The molecule has 2 rings (SSSR count). The van der Waals surface area contributed by atoms with E-state index < -0.39 is 0 Å². The average Bonchev–Trinajstić information content (AvgIpc) is 2.26. The molecule has 2 aliphatic rings. The normalized spacial score (nSPS) is 31.2. The van der Waals surface area contributed by atoms with E-state index >= 15 is 0 Å². The van der Waals surface area contributed by atoms with Crippen LogP contribution in [0.25, 0.3) is 0 Å². The van der Waals surface area contributed by atoms with Crippen molar-refractivity contribution in [1.29, 1.82) is 0 Å². The van der Waals surface area contributed by atoms with Crippen LogP contribution in [0.4, 0.5) is 0 Å². The molecule has 0 saturated carbocycles. The van der Waals surface area contributed by atoms with Crippen LogP contribution in [0.1, 0.15) is 66.2 Å². The molecule has 0 aromatic carbocycles. The van der Waals surface area contributed by atoms with Crippen LogP contribution in [0, 0.1) is 11.8 Å². The molecule has 0 amide bonds. The summed E-state index contributed by atoms with van der Waals surface area (Å²) in [6.45, 7) is 8.68. The summed E-state index contributed by atoms with van der Waals surface area (Å²) in [4.78, 5) is 0.